The smallest absolute Gasteiger partial charge is 0.180 e. The maximum absolute atomic E-state index is 5.29. The van der Waals surface area contributed by atoms with Crippen molar-refractivity contribution in [3.05, 3.63) is 36.2 Å². The molecule has 1 aliphatic rings. The highest BCUT2D eigenvalue weighted by atomic mass is 16.5. The predicted molar refractivity (Wildman–Crippen MR) is 74.0 cm³/mol. The Morgan fingerprint density at radius 3 is 3.05 bits per heavy atom. The Kier molecular flexibility index (Phi) is 3.65. The van der Waals surface area contributed by atoms with E-state index in [2.05, 4.69) is 26.3 Å². The zero-order chi connectivity index (χ0) is 12.9. The van der Waals surface area contributed by atoms with E-state index in [1.54, 1.807) is 12.4 Å². The largest absolute Gasteiger partial charge is 0.377 e. The number of rotatable bonds is 4. The number of nitrogens with one attached hydrogen (secondary N) is 1. The Morgan fingerprint density at radius 2 is 2.16 bits per heavy atom. The van der Waals surface area contributed by atoms with Crippen molar-refractivity contribution < 1.29 is 4.74 Å². The first-order valence-electron chi connectivity index (χ1n) is 6.49. The van der Waals surface area contributed by atoms with E-state index in [-0.39, 0.29) is 0 Å². The minimum absolute atomic E-state index is 0.679. The molecule has 1 N–H and O–H groups in total. The van der Waals surface area contributed by atoms with Gasteiger partial charge in [-0.1, -0.05) is 11.6 Å². The average Bonchev–Trinajstić information content (AvgIpc) is 2.48. The minimum Gasteiger partial charge on any atom is -0.377 e. The van der Waals surface area contributed by atoms with Crippen molar-refractivity contribution in [2.24, 2.45) is 0 Å². The lowest BCUT2D eigenvalue weighted by Gasteiger charge is -2.13. The molecule has 0 atom stereocenters. The molecule has 98 valence electrons. The van der Waals surface area contributed by atoms with E-state index in [0.717, 1.165) is 43.9 Å². The van der Waals surface area contributed by atoms with Crippen LogP contribution in [0.1, 0.15) is 12.8 Å². The molecule has 0 aliphatic carbocycles. The maximum atomic E-state index is 5.29. The summed E-state index contributed by atoms with van der Waals surface area (Å²) in [4.78, 5) is 12.8. The Bertz CT molecular complexity index is 597. The fraction of sp³-hybridized carbons (Fsp3) is 0.357. The van der Waals surface area contributed by atoms with E-state index < -0.39 is 0 Å². The fourth-order valence-electron chi connectivity index (χ4n) is 2.10. The van der Waals surface area contributed by atoms with Crippen LogP contribution >= 0.6 is 0 Å². The standard InChI is InChI=1S/C14H16N4O/c1-2-13(18-14-12(1)15-7-8-17-14)16-6-3-11-4-9-19-10-5-11/h1-2,4,7-8H,3,5-6,9-10H2,(H,16,17,18). The number of pyridine rings is 1. The Labute approximate surface area is 111 Å². The molecule has 0 saturated carbocycles. The van der Waals surface area contributed by atoms with Crippen molar-refractivity contribution in [3.63, 3.8) is 0 Å². The highest BCUT2D eigenvalue weighted by Crippen LogP contribution is 2.13. The summed E-state index contributed by atoms with van der Waals surface area (Å²) in [5.41, 5.74) is 2.96. The SMILES string of the molecule is C1=C(CCNc2ccc3nccnc3n2)CCOC1. The number of hydrogen-bond donors (Lipinski definition) is 1. The van der Waals surface area contributed by atoms with E-state index in [9.17, 15) is 0 Å². The van der Waals surface area contributed by atoms with Crippen LogP contribution in [0.5, 0.6) is 0 Å². The molecule has 0 bridgehead atoms. The normalized spacial score (nSPS) is 15.3. The Hall–Kier alpha value is -2.01. The molecule has 0 fully saturated rings. The number of fused-ring (bicyclic) bond motifs is 1. The predicted octanol–water partition coefficient (Wildman–Crippen LogP) is 2.17. The van der Waals surface area contributed by atoms with Crippen LogP contribution in [0.4, 0.5) is 5.82 Å². The second-order valence-corrected chi connectivity index (χ2v) is 4.46. The average molecular weight is 256 g/mol. The highest BCUT2D eigenvalue weighted by molar-refractivity contribution is 5.71. The summed E-state index contributed by atoms with van der Waals surface area (Å²) in [7, 11) is 0. The lowest BCUT2D eigenvalue weighted by atomic mass is 10.1. The second kappa shape index (κ2) is 5.75. The minimum atomic E-state index is 0.679. The number of hydrogen-bond acceptors (Lipinski definition) is 5. The zero-order valence-electron chi connectivity index (χ0n) is 10.7. The summed E-state index contributed by atoms with van der Waals surface area (Å²) in [6.07, 6.45) is 7.58. The lowest BCUT2D eigenvalue weighted by Crippen LogP contribution is -2.09. The van der Waals surface area contributed by atoms with Crippen LogP contribution in [-0.2, 0) is 4.74 Å². The van der Waals surface area contributed by atoms with E-state index in [1.165, 1.54) is 5.57 Å². The third-order valence-electron chi connectivity index (χ3n) is 3.14. The van der Waals surface area contributed by atoms with Gasteiger partial charge in [-0.05, 0) is 25.0 Å². The molecule has 1 aliphatic heterocycles. The van der Waals surface area contributed by atoms with Gasteiger partial charge < -0.3 is 10.1 Å². The van der Waals surface area contributed by atoms with Crippen molar-refractivity contribution in [1.29, 1.82) is 0 Å². The number of nitrogens with zero attached hydrogens (tertiary/aromatic N) is 3. The summed E-state index contributed by atoms with van der Waals surface area (Å²) < 4.78 is 5.29. The summed E-state index contributed by atoms with van der Waals surface area (Å²) in [5, 5.41) is 3.32. The highest BCUT2D eigenvalue weighted by Gasteiger charge is 2.04. The second-order valence-electron chi connectivity index (χ2n) is 4.46. The fourth-order valence-corrected chi connectivity index (χ4v) is 2.10. The van der Waals surface area contributed by atoms with Gasteiger partial charge in [-0.15, -0.1) is 0 Å². The first kappa shape index (κ1) is 12.0. The van der Waals surface area contributed by atoms with Gasteiger partial charge in [0.25, 0.3) is 0 Å². The molecule has 2 aromatic heterocycles. The third-order valence-corrected chi connectivity index (χ3v) is 3.14. The zero-order valence-corrected chi connectivity index (χ0v) is 10.7. The molecule has 3 heterocycles. The van der Waals surface area contributed by atoms with Gasteiger partial charge in [-0.25, -0.2) is 9.97 Å². The van der Waals surface area contributed by atoms with Gasteiger partial charge in [0.1, 0.15) is 11.3 Å². The van der Waals surface area contributed by atoms with Crippen LogP contribution in [-0.4, -0.2) is 34.7 Å². The first-order chi connectivity index (χ1) is 9.42. The van der Waals surface area contributed by atoms with Crippen LogP contribution in [0.2, 0.25) is 0 Å². The topological polar surface area (TPSA) is 59.9 Å². The third kappa shape index (κ3) is 3.06. The number of aromatic nitrogens is 3. The molecule has 2 aromatic rings. The molecule has 0 spiro atoms. The summed E-state index contributed by atoms with van der Waals surface area (Å²) >= 11 is 0. The van der Waals surface area contributed by atoms with Gasteiger partial charge in [0.05, 0.1) is 13.2 Å². The summed E-state index contributed by atoms with van der Waals surface area (Å²) in [5.74, 6) is 0.848. The van der Waals surface area contributed by atoms with Gasteiger partial charge in [0, 0.05) is 18.9 Å². The molecule has 3 rings (SSSR count). The van der Waals surface area contributed by atoms with Gasteiger partial charge in [0.2, 0.25) is 0 Å². The van der Waals surface area contributed by atoms with Crippen molar-refractivity contribution in [3.8, 4) is 0 Å². The van der Waals surface area contributed by atoms with E-state index >= 15 is 0 Å². The van der Waals surface area contributed by atoms with Crippen LogP contribution in [0, 0.1) is 0 Å². The molecule has 19 heavy (non-hydrogen) atoms. The number of anilines is 1. The summed E-state index contributed by atoms with van der Waals surface area (Å²) in [6.45, 7) is 2.47. The molecule has 0 aromatic carbocycles. The molecule has 0 saturated heterocycles. The Balaban J connectivity index is 1.60. The van der Waals surface area contributed by atoms with Gasteiger partial charge in [-0.3, -0.25) is 4.98 Å². The van der Waals surface area contributed by atoms with Crippen molar-refractivity contribution in [1.82, 2.24) is 15.0 Å². The van der Waals surface area contributed by atoms with E-state index in [1.807, 2.05) is 12.1 Å². The lowest BCUT2D eigenvalue weighted by molar-refractivity contribution is 0.153. The van der Waals surface area contributed by atoms with Crippen molar-refractivity contribution in [2.45, 2.75) is 12.8 Å². The Morgan fingerprint density at radius 1 is 1.21 bits per heavy atom. The summed E-state index contributed by atoms with van der Waals surface area (Å²) in [6, 6.07) is 3.88. The van der Waals surface area contributed by atoms with Gasteiger partial charge in [0.15, 0.2) is 5.65 Å². The van der Waals surface area contributed by atoms with Crippen molar-refractivity contribution >= 4 is 17.0 Å². The number of ether oxygens (including phenoxy) is 1. The van der Waals surface area contributed by atoms with Gasteiger partial charge in [-0.2, -0.15) is 0 Å². The quantitative estimate of drug-likeness (QED) is 0.849. The van der Waals surface area contributed by atoms with E-state index in [4.69, 9.17) is 4.74 Å². The van der Waals surface area contributed by atoms with E-state index in [0.29, 0.717) is 5.65 Å². The van der Waals surface area contributed by atoms with Crippen molar-refractivity contribution in [2.75, 3.05) is 25.1 Å². The van der Waals surface area contributed by atoms with Gasteiger partial charge >= 0.3 is 0 Å². The molecule has 0 unspecified atom stereocenters. The molecule has 5 nitrogen and oxygen atoms in total. The monoisotopic (exact) mass is 256 g/mol. The van der Waals surface area contributed by atoms with Crippen LogP contribution in [0.3, 0.4) is 0 Å². The molecular weight excluding hydrogens is 240 g/mol. The van der Waals surface area contributed by atoms with Crippen LogP contribution in [0.25, 0.3) is 11.2 Å². The first-order valence-corrected chi connectivity index (χ1v) is 6.49. The molecular formula is C14H16N4O. The molecule has 5 heteroatoms. The molecule has 0 radical (unpaired) electrons. The molecule has 0 amide bonds. The van der Waals surface area contributed by atoms with Crippen LogP contribution < -0.4 is 5.32 Å². The van der Waals surface area contributed by atoms with Crippen LogP contribution in [0.15, 0.2) is 36.2 Å². The maximum Gasteiger partial charge on any atom is 0.180 e.